The second-order valence-electron chi connectivity index (χ2n) is 7.93. The number of pyridine rings is 1. The largest absolute Gasteiger partial charge is 0.426 e. The molecule has 1 amide bonds. The number of anilines is 1. The highest BCUT2D eigenvalue weighted by molar-refractivity contribution is 5.98. The third-order valence-corrected chi connectivity index (χ3v) is 4.54. The van der Waals surface area contributed by atoms with E-state index in [1.165, 1.54) is 0 Å². The van der Waals surface area contributed by atoms with Crippen LogP contribution in [0.3, 0.4) is 0 Å². The fourth-order valence-electron chi connectivity index (χ4n) is 2.84. The van der Waals surface area contributed by atoms with Gasteiger partial charge in [0.2, 0.25) is 5.91 Å². The number of benzene rings is 2. The zero-order valence-corrected chi connectivity index (χ0v) is 16.8. The van der Waals surface area contributed by atoms with Gasteiger partial charge in [-0.2, -0.15) is 0 Å². The molecule has 0 spiro atoms. The molecular formula is C23H25N3O3. The summed E-state index contributed by atoms with van der Waals surface area (Å²) in [4.78, 5) is 29.1. The monoisotopic (exact) mass is 391 g/mol. The van der Waals surface area contributed by atoms with Crippen molar-refractivity contribution in [2.24, 2.45) is 11.1 Å². The fraction of sp³-hybridized carbons (Fsp3) is 0.261. The van der Waals surface area contributed by atoms with E-state index in [-0.39, 0.29) is 18.4 Å². The van der Waals surface area contributed by atoms with E-state index in [0.29, 0.717) is 17.0 Å². The zero-order chi connectivity index (χ0) is 21.0. The van der Waals surface area contributed by atoms with Gasteiger partial charge >= 0.3 is 5.97 Å². The number of aromatic nitrogens is 1. The van der Waals surface area contributed by atoms with Gasteiger partial charge in [-0.3, -0.25) is 14.6 Å². The van der Waals surface area contributed by atoms with Crippen LogP contribution in [-0.2, 0) is 9.59 Å². The maximum absolute atomic E-state index is 12.9. The van der Waals surface area contributed by atoms with Gasteiger partial charge in [0, 0.05) is 30.0 Å². The molecule has 3 N–H and O–H groups in total. The van der Waals surface area contributed by atoms with Crippen molar-refractivity contribution in [3.8, 4) is 5.75 Å². The molecule has 0 aliphatic rings. The number of nitrogens with two attached hydrogens (primary N) is 1. The van der Waals surface area contributed by atoms with Gasteiger partial charge in [0.25, 0.3) is 0 Å². The summed E-state index contributed by atoms with van der Waals surface area (Å²) in [5.41, 5.74) is 6.65. The van der Waals surface area contributed by atoms with Gasteiger partial charge < -0.3 is 15.8 Å². The van der Waals surface area contributed by atoms with Crippen molar-refractivity contribution >= 4 is 28.3 Å². The summed E-state index contributed by atoms with van der Waals surface area (Å²) in [6.07, 6.45) is 3.48. The number of ether oxygens (including phenoxy) is 1. The van der Waals surface area contributed by atoms with Crippen LogP contribution in [0, 0.1) is 5.41 Å². The highest BCUT2D eigenvalue weighted by Gasteiger charge is 2.25. The van der Waals surface area contributed by atoms with Crippen molar-refractivity contribution in [1.82, 2.24) is 4.98 Å². The highest BCUT2D eigenvalue weighted by atomic mass is 16.5. The summed E-state index contributed by atoms with van der Waals surface area (Å²) in [5, 5.41) is 4.90. The summed E-state index contributed by atoms with van der Waals surface area (Å²) < 4.78 is 5.44. The van der Waals surface area contributed by atoms with Gasteiger partial charge in [-0.1, -0.05) is 18.2 Å². The van der Waals surface area contributed by atoms with Crippen LogP contribution in [0.1, 0.15) is 32.3 Å². The number of rotatable bonds is 5. The third kappa shape index (κ3) is 4.97. The first kappa shape index (κ1) is 20.5. The molecule has 1 aromatic heterocycles. The van der Waals surface area contributed by atoms with Gasteiger partial charge in [0.15, 0.2) is 0 Å². The molecule has 0 aliphatic heterocycles. The second-order valence-corrected chi connectivity index (χ2v) is 7.93. The second kappa shape index (κ2) is 8.41. The molecule has 150 valence electrons. The molecule has 6 heteroatoms. The summed E-state index contributed by atoms with van der Waals surface area (Å²) in [5.74, 6) is -0.738. The number of nitrogens with zero attached hydrogens (tertiary/aromatic N) is 1. The van der Waals surface area contributed by atoms with Gasteiger partial charge in [0.05, 0.1) is 11.3 Å². The number of carbonyl (C=O) groups excluding carboxylic acids is 2. The van der Waals surface area contributed by atoms with Crippen LogP contribution in [0.4, 0.5) is 5.69 Å². The van der Waals surface area contributed by atoms with Crippen molar-refractivity contribution in [1.29, 1.82) is 0 Å². The standard InChI is InChI=1S/C23H25N3O3/c1-23(2,3)22(28)29-19-6-4-5-16(12-19)20(13-24)21(27)26-18-8-7-17-14-25-10-9-15(17)11-18/h4-12,14,20H,13,24H2,1-3H3,(H,26,27). The van der Waals surface area contributed by atoms with Gasteiger partial charge in [0.1, 0.15) is 5.75 Å². The topological polar surface area (TPSA) is 94.3 Å². The maximum atomic E-state index is 12.9. The normalized spacial score (nSPS) is 12.4. The summed E-state index contributed by atoms with van der Waals surface area (Å²) >= 11 is 0. The molecule has 0 saturated carbocycles. The molecular weight excluding hydrogens is 366 g/mol. The number of hydrogen-bond acceptors (Lipinski definition) is 5. The molecule has 0 aliphatic carbocycles. The first-order chi connectivity index (χ1) is 13.8. The van der Waals surface area contributed by atoms with Crippen LogP contribution in [0.15, 0.2) is 60.9 Å². The lowest BCUT2D eigenvalue weighted by Gasteiger charge is -2.19. The highest BCUT2D eigenvalue weighted by Crippen LogP contribution is 2.25. The third-order valence-electron chi connectivity index (χ3n) is 4.54. The average Bonchev–Trinajstić information content (AvgIpc) is 2.68. The van der Waals surface area contributed by atoms with Crippen LogP contribution >= 0.6 is 0 Å². The Bertz CT molecular complexity index is 1040. The number of amides is 1. The van der Waals surface area contributed by atoms with E-state index in [1.54, 1.807) is 57.4 Å². The van der Waals surface area contributed by atoms with E-state index < -0.39 is 11.3 Å². The molecule has 0 bridgehead atoms. The quantitative estimate of drug-likeness (QED) is 0.509. The predicted molar refractivity (Wildman–Crippen MR) is 114 cm³/mol. The molecule has 3 aromatic rings. The molecule has 1 atom stereocenters. The molecule has 3 rings (SSSR count). The van der Waals surface area contributed by atoms with E-state index in [4.69, 9.17) is 10.5 Å². The van der Waals surface area contributed by atoms with Crippen LogP contribution in [0.2, 0.25) is 0 Å². The Morgan fingerprint density at radius 1 is 1.10 bits per heavy atom. The van der Waals surface area contributed by atoms with Gasteiger partial charge in [-0.25, -0.2) is 0 Å². The first-order valence-corrected chi connectivity index (χ1v) is 9.45. The minimum absolute atomic E-state index is 0.125. The number of carbonyl (C=O) groups is 2. The van der Waals surface area contributed by atoms with E-state index in [2.05, 4.69) is 10.3 Å². The van der Waals surface area contributed by atoms with Crippen molar-refractivity contribution in [2.75, 3.05) is 11.9 Å². The molecule has 0 radical (unpaired) electrons. The Hall–Kier alpha value is -3.25. The summed E-state index contributed by atoms with van der Waals surface area (Å²) in [7, 11) is 0. The Morgan fingerprint density at radius 2 is 1.90 bits per heavy atom. The van der Waals surface area contributed by atoms with E-state index >= 15 is 0 Å². The van der Waals surface area contributed by atoms with E-state index in [9.17, 15) is 9.59 Å². The molecule has 6 nitrogen and oxygen atoms in total. The Kier molecular flexibility index (Phi) is 5.94. The van der Waals surface area contributed by atoms with E-state index in [0.717, 1.165) is 10.8 Å². The van der Waals surface area contributed by atoms with E-state index in [1.807, 2.05) is 24.3 Å². The van der Waals surface area contributed by atoms with Gasteiger partial charge in [-0.15, -0.1) is 0 Å². The zero-order valence-electron chi connectivity index (χ0n) is 16.8. The smallest absolute Gasteiger partial charge is 0.316 e. The summed E-state index contributed by atoms with van der Waals surface area (Å²) in [6.45, 7) is 5.48. The SMILES string of the molecule is CC(C)(C)C(=O)Oc1cccc(C(CN)C(=O)Nc2ccc3cnccc3c2)c1. The number of nitrogens with one attached hydrogen (secondary N) is 1. The molecule has 2 aromatic carbocycles. The minimum atomic E-state index is -0.619. The Labute approximate surface area is 170 Å². The average molecular weight is 391 g/mol. The van der Waals surface area contributed by atoms with Gasteiger partial charge in [-0.05, 0) is 62.1 Å². The van der Waals surface area contributed by atoms with Crippen LogP contribution in [0.25, 0.3) is 10.8 Å². The number of esters is 1. The lowest BCUT2D eigenvalue weighted by molar-refractivity contribution is -0.143. The molecule has 0 fully saturated rings. The van der Waals surface area contributed by atoms with Crippen LogP contribution in [-0.4, -0.2) is 23.4 Å². The number of hydrogen-bond donors (Lipinski definition) is 2. The van der Waals surface area contributed by atoms with Crippen molar-refractivity contribution in [3.05, 3.63) is 66.5 Å². The fourth-order valence-corrected chi connectivity index (χ4v) is 2.84. The van der Waals surface area contributed by atoms with Crippen LogP contribution < -0.4 is 15.8 Å². The first-order valence-electron chi connectivity index (χ1n) is 9.45. The van der Waals surface area contributed by atoms with Crippen LogP contribution in [0.5, 0.6) is 5.75 Å². The molecule has 0 saturated heterocycles. The Balaban J connectivity index is 1.78. The predicted octanol–water partition coefficient (Wildman–Crippen LogP) is 3.87. The molecule has 29 heavy (non-hydrogen) atoms. The maximum Gasteiger partial charge on any atom is 0.316 e. The summed E-state index contributed by atoms with van der Waals surface area (Å²) in [6, 6.07) is 14.4. The van der Waals surface area contributed by atoms with Crippen molar-refractivity contribution in [2.45, 2.75) is 26.7 Å². The van der Waals surface area contributed by atoms with Crippen molar-refractivity contribution in [3.63, 3.8) is 0 Å². The van der Waals surface area contributed by atoms with Crippen molar-refractivity contribution < 1.29 is 14.3 Å². The molecule has 1 unspecified atom stereocenters. The molecule has 1 heterocycles. The minimum Gasteiger partial charge on any atom is -0.426 e. The Morgan fingerprint density at radius 3 is 2.62 bits per heavy atom. The number of fused-ring (bicyclic) bond motifs is 1. The lowest BCUT2D eigenvalue weighted by Crippen LogP contribution is -2.28. The lowest BCUT2D eigenvalue weighted by atomic mass is 9.96.